The molecule has 0 spiro atoms. The van der Waals surface area contributed by atoms with Crippen LogP contribution in [0.5, 0.6) is 0 Å². The third kappa shape index (κ3) is 8.91. The van der Waals surface area contributed by atoms with Gasteiger partial charge in [-0.15, -0.1) is 0 Å². The highest BCUT2D eigenvalue weighted by atomic mass is 16.4. The molecule has 2 atom stereocenters. The second-order valence-corrected chi connectivity index (χ2v) is 5.53. The maximum atomic E-state index is 11.7. The summed E-state index contributed by atoms with van der Waals surface area (Å²) < 4.78 is 0. The largest absolute Gasteiger partial charge is 0.481 e. The second-order valence-electron chi connectivity index (χ2n) is 5.53. The molecule has 0 fully saturated rings. The minimum Gasteiger partial charge on any atom is -0.481 e. The zero-order chi connectivity index (χ0) is 15.5. The normalized spacial score (nSPS) is 14.1. The number of carbonyl (C=O) groups is 2. The van der Waals surface area contributed by atoms with E-state index in [0.29, 0.717) is 13.0 Å². The Morgan fingerprint density at radius 2 is 1.70 bits per heavy atom. The first-order valence-corrected chi connectivity index (χ1v) is 7.66. The number of amides is 1. The molecule has 0 saturated carbocycles. The summed E-state index contributed by atoms with van der Waals surface area (Å²) in [7, 11) is 0. The van der Waals surface area contributed by atoms with Crippen LogP contribution in [0.4, 0.5) is 0 Å². The predicted molar refractivity (Wildman–Crippen MR) is 80.6 cm³/mol. The smallest absolute Gasteiger partial charge is 0.306 e. The molecule has 0 aliphatic rings. The van der Waals surface area contributed by atoms with Crippen LogP contribution < -0.4 is 10.6 Å². The van der Waals surface area contributed by atoms with Gasteiger partial charge in [-0.1, -0.05) is 27.2 Å². The highest BCUT2D eigenvalue weighted by molar-refractivity contribution is 5.78. The third-order valence-electron chi connectivity index (χ3n) is 3.66. The van der Waals surface area contributed by atoms with Gasteiger partial charge in [-0.05, 0) is 32.6 Å². The number of carbonyl (C=O) groups excluding carboxylic acids is 1. The topological polar surface area (TPSA) is 78.4 Å². The van der Waals surface area contributed by atoms with E-state index in [1.807, 2.05) is 6.92 Å². The molecule has 1 amide bonds. The Kier molecular flexibility index (Phi) is 10.1. The number of rotatable bonds is 11. The first-order chi connectivity index (χ1) is 9.40. The van der Waals surface area contributed by atoms with Gasteiger partial charge >= 0.3 is 5.97 Å². The van der Waals surface area contributed by atoms with Crippen molar-refractivity contribution in [3.05, 3.63) is 0 Å². The second kappa shape index (κ2) is 10.7. The highest BCUT2D eigenvalue weighted by Gasteiger charge is 2.12. The molecule has 0 aromatic heterocycles. The van der Waals surface area contributed by atoms with Crippen molar-refractivity contribution in [1.82, 2.24) is 10.6 Å². The zero-order valence-electron chi connectivity index (χ0n) is 13.2. The monoisotopic (exact) mass is 286 g/mol. The molecule has 0 heterocycles. The van der Waals surface area contributed by atoms with Crippen LogP contribution in [0.1, 0.15) is 59.8 Å². The molecule has 0 aromatic rings. The molecule has 3 N–H and O–H groups in total. The molecule has 0 bridgehead atoms. The van der Waals surface area contributed by atoms with E-state index in [4.69, 9.17) is 5.11 Å². The number of aliphatic carboxylic acids is 1. The van der Waals surface area contributed by atoms with E-state index < -0.39 is 5.97 Å². The number of nitrogens with one attached hydrogen (secondary N) is 2. The van der Waals surface area contributed by atoms with Crippen molar-refractivity contribution in [3.63, 3.8) is 0 Å². The van der Waals surface area contributed by atoms with Gasteiger partial charge in [0.25, 0.3) is 0 Å². The molecule has 0 aromatic carbocycles. The van der Waals surface area contributed by atoms with Gasteiger partial charge in [0, 0.05) is 12.1 Å². The maximum absolute atomic E-state index is 11.7. The average molecular weight is 286 g/mol. The van der Waals surface area contributed by atoms with Gasteiger partial charge in [0.15, 0.2) is 0 Å². The lowest BCUT2D eigenvalue weighted by Crippen LogP contribution is -2.42. The van der Waals surface area contributed by atoms with Crippen molar-refractivity contribution in [1.29, 1.82) is 0 Å². The Morgan fingerprint density at radius 1 is 1.10 bits per heavy atom. The molecular weight excluding hydrogens is 256 g/mol. The summed E-state index contributed by atoms with van der Waals surface area (Å²) in [6, 6.07) is 0.486. The summed E-state index contributed by atoms with van der Waals surface area (Å²) in [5, 5.41) is 14.9. The van der Waals surface area contributed by atoms with E-state index in [9.17, 15) is 9.59 Å². The Bertz CT molecular complexity index is 291. The Balaban J connectivity index is 3.74. The first-order valence-electron chi connectivity index (χ1n) is 7.66. The highest BCUT2D eigenvalue weighted by Crippen LogP contribution is 2.09. The summed E-state index contributed by atoms with van der Waals surface area (Å²) in [6.45, 7) is 8.20. The van der Waals surface area contributed by atoms with Gasteiger partial charge in [0.05, 0.1) is 12.5 Å². The summed E-state index contributed by atoms with van der Waals surface area (Å²) in [6.07, 6.45) is 4.32. The lowest BCUT2D eigenvalue weighted by atomic mass is 10.0. The zero-order valence-corrected chi connectivity index (χ0v) is 13.2. The van der Waals surface area contributed by atoms with Gasteiger partial charge < -0.3 is 15.7 Å². The van der Waals surface area contributed by atoms with Gasteiger partial charge in [-0.3, -0.25) is 9.59 Å². The van der Waals surface area contributed by atoms with Crippen LogP contribution >= 0.6 is 0 Å². The number of hydrogen-bond acceptors (Lipinski definition) is 3. The molecule has 2 unspecified atom stereocenters. The van der Waals surface area contributed by atoms with Gasteiger partial charge in [-0.2, -0.15) is 0 Å². The van der Waals surface area contributed by atoms with Crippen LogP contribution in [0.25, 0.3) is 0 Å². The molecular formula is C15H30N2O3. The lowest BCUT2D eigenvalue weighted by molar-refractivity contribution is -0.141. The fourth-order valence-electron chi connectivity index (χ4n) is 1.99. The summed E-state index contributed by atoms with van der Waals surface area (Å²) in [5.74, 6) is -1.00. The van der Waals surface area contributed by atoms with Crippen molar-refractivity contribution in [3.8, 4) is 0 Å². The first kappa shape index (κ1) is 18.9. The van der Waals surface area contributed by atoms with Gasteiger partial charge in [0.1, 0.15) is 0 Å². The van der Waals surface area contributed by atoms with Crippen LogP contribution in [-0.2, 0) is 9.59 Å². The molecule has 0 aliphatic carbocycles. The van der Waals surface area contributed by atoms with Crippen molar-refractivity contribution in [2.45, 2.75) is 71.9 Å². The summed E-state index contributed by atoms with van der Waals surface area (Å²) >= 11 is 0. The Labute approximate surface area is 122 Å². The van der Waals surface area contributed by atoms with Gasteiger partial charge in [0.2, 0.25) is 5.91 Å². The quantitative estimate of drug-likeness (QED) is 0.544. The van der Waals surface area contributed by atoms with E-state index in [1.165, 1.54) is 0 Å². The summed E-state index contributed by atoms with van der Waals surface area (Å²) in [5.41, 5.74) is 0. The minimum absolute atomic E-state index is 0.0319. The van der Waals surface area contributed by atoms with E-state index in [1.54, 1.807) is 6.92 Å². The van der Waals surface area contributed by atoms with Crippen molar-refractivity contribution < 1.29 is 14.7 Å². The van der Waals surface area contributed by atoms with Crippen LogP contribution in [0, 0.1) is 5.92 Å². The average Bonchev–Trinajstić information content (AvgIpc) is 2.42. The van der Waals surface area contributed by atoms with Crippen LogP contribution in [-0.4, -0.2) is 35.6 Å². The molecule has 0 aliphatic heterocycles. The van der Waals surface area contributed by atoms with E-state index in [2.05, 4.69) is 24.5 Å². The number of carboxylic acid groups (broad SMARTS) is 1. The van der Waals surface area contributed by atoms with Crippen LogP contribution in [0.15, 0.2) is 0 Å². The van der Waals surface area contributed by atoms with Crippen LogP contribution in [0.3, 0.4) is 0 Å². The van der Waals surface area contributed by atoms with Crippen molar-refractivity contribution in [2.75, 3.05) is 6.54 Å². The molecule has 20 heavy (non-hydrogen) atoms. The molecule has 5 heteroatoms. The fraction of sp³-hybridized carbons (Fsp3) is 0.867. The van der Waals surface area contributed by atoms with E-state index >= 15 is 0 Å². The minimum atomic E-state index is -0.741. The van der Waals surface area contributed by atoms with E-state index in [0.717, 1.165) is 25.7 Å². The molecule has 0 radical (unpaired) electrons. The predicted octanol–water partition coefficient (Wildman–Crippen LogP) is 2.16. The molecule has 118 valence electrons. The van der Waals surface area contributed by atoms with E-state index in [-0.39, 0.29) is 23.9 Å². The lowest BCUT2D eigenvalue weighted by Gasteiger charge is -2.17. The molecule has 0 saturated heterocycles. The fourth-order valence-corrected chi connectivity index (χ4v) is 1.99. The van der Waals surface area contributed by atoms with Crippen LogP contribution in [0.2, 0.25) is 0 Å². The van der Waals surface area contributed by atoms with Gasteiger partial charge in [-0.25, -0.2) is 0 Å². The number of carboxylic acids is 1. The standard InChI is InChI=1S/C15H30N2O3/c1-5-13(6-2)17-14(18)10-16-12(4)9-7-8-11(3)15(19)20/h11-13,16H,5-10H2,1-4H3,(H,17,18)(H,19,20). The van der Waals surface area contributed by atoms with Crippen molar-refractivity contribution >= 4 is 11.9 Å². The third-order valence-corrected chi connectivity index (χ3v) is 3.66. The SMILES string of the molecule is CCC(CC)NC(=O)CNC(C)CCCC(C)C(=O)O. The maximum Gasteiger partial charge on any atom is 0.306 e. The Hall–Kier alpha value is -1.10. The molecule has 0 rings (SSSR count). The Morgan fingerprint density at radius 3 is 2.20 bits per heavy atom. The summed E-state index contributed by atoms with van der Waals surface area (Å²) in [4.78, 5) is 22.4. The van der Waals surface area contributed by atoms with Crippen molar-refractivity contribution in [2.24, 2.45) is 5.92 Å². The number of hydrogen-bond donors (Lipinski definition) is 3. The molecule has 5 nitrogen and oxygen atoms in total.